The number of carbonyl (C=O) groups excluding carboxylic acids is 2. The van der Waals surface area contributed by atoms with Gasteiger partial charge in [-0.3, -0.25) is 13.9 Å². The highest BCUT2D eigenvalue weighted by atomic mass is 35.5. The molecule has 9 heteroatoms. The quantitative estimate of drug-likeness (QED) is 0.415. The van der Waals surface area contributed by atoms with Gasteiger partial charge in [-0.15, -0.1) is 0 Å². The van der Waals surface area contributed by atoms with E-state index in [1.165, 1.54) is 4.90 Å². The third-order valence-electron chi connectivity index (χ3n) is 5.80. The molecular weight excluding hydrogens is 486 g/mol. The molecule has 0 bridgehead atoms. The molecule has 0 aliphatic heterocycles. The average Bonchev–Trinajstić information content (AvgIpc) is 2.80. The molecule has 0 aromatic heterocycles. The number of unbranched alkanes of at least 4 members (excludes halogenated alkanes) is 1. The fraction of sp³-hybridized carbons (Fsp3) is 0.462. The number of benzene rings is 2. The van der Waals surface area contributed by atoms with E-state index >= 15 is 0 Å². The highest BCUT2D eigenvalue weighted by Gasteiger charge is 2.31. The topological polar surface area (TPSA) is 86.8 Å². The molecule has 0 fully saturated rings. The van der Waals surface area contributed by atoms with E-state index in [-0.39, 0.29) is 18.4 Å². The van der Waals surface area contributed by atoms with Gasteiger partial charge in [0.2, 0.25) is 21.8 Å². The van der Waals surface area contributed by atoms with Crippen LogP contribution in [0.4, 0.5) is 5.69 Å². The maximum Gasteiger partial charge on any atom is 0.244 e. The average molecular weight is 522 g/mol. The van der Waals surface area contributed by atoms with Gasteiger partial charge >= 0.3 is 0 Å². The van der Waals surface area contributed by atoms with Gasteiger partial charge in [-0.1, -0.05) is 75.2 Å². The number of amides is 2. The van der Waals surface area contributed by atoms with E-state index in [9.17, 15) is 18.0 Å². The van der Waals surface area contributed by atoms with Gasteiger partial charge in [0, 0.05) is 18.1 Å². The number of carbonyl (C=O) groups is 2. The normalized spacial score (nSPS) is 12.3. The van der Waals surface area contributed by atoms with Gasteiger partial charge in [-0.2, -0.15) is 0 Å². The first-order valence-corrected chi connectivity index (χ1v) is 14.1. The maximum absolute atomic E-state index is 13.6. The molecule has 35 heavy (non-hydrogen) atoms. The molecule has 2 amide bonds. The molecule has 2 aromatic carbocycles. The van der Waals surface area contributed by atoms with Crippen molar-refractivity contribution >= 4 is 39.1 Å². The van der Waals surface area contributed by atoms with E-state index in [0.717, 1.165) is 29.0 Å². The summed E-state index contributed by atoms with van der Waals surface area (Å²) in [5.74, 6) is -0.743. The molecule has 1 N–H and O–H groups in total. The van der Waals surface area contributed by atoms with Gasteiger partial charge < -0.3 is 10.2 Å². The minimum Gasteiger partial charge on any atom is -0.354 e. The van der Waals surface area contributed by atoms with Crippen LogP contribution in [-0.2, 0) is 26.2 Å². The van der Waals surface area contributed by atoms with Crippen LogP contribution in [-0.4, -0.2) is 50.5 Å². The molecule has 2 rings (SSSR count). The number of halogens is 1. The number of hydrogen-bond donors (Lipinski definition) is 1. The number of sulfonamides is 1. The van der Waals surface area contributed by atoms with Crippen LogP contribution in [0.15, 0.2) is 48.5 Å². The molecule has 0 spiro atoms. The number of nitrogens with zero attached hydrogens (tertiary/aromatic N) is 2. The molecule has 192 valence electrons. The number of rotatable bonds is 12. The van der Waals surface area contributed by atoms with Crippen LogP contribution in [0.25, 0.3) is 0 Å². The summed E-state index contributed by atoms with van der Waals surface area (Å²) in [6.07, 6.45) is 2.83. The Kier molecular flexibility index (Phi) is 10.6. The summed E-state index contributed by atoms with van der Waals surface area (Å²) in [6.45, 7) is 7.75. The zero-order valence-electron chi connectivity index (χ0n) is 21.1. The number of nitrogens with one attached hydrogen (secondary N) is 1. The van der Waals surface area contributed by atoms with Crippen LogP contribution >= 0.6 is 11.6 Å². The first-order valence-electron chi connectivity index (χ1n) is 11.8. The first-order chi connectivity index (χ1) is 16.5. The number of para-hydroxylation sites is 1. The summed E-state index contributed by atoms with van der Waals surface area (Å²) in [4.78, 5) is 27.9. The molecule has 1 atom stereocenters. The second kappa shape index (κ2) is 12.9. The molecule has 0 radical (unpaired) electrons. The molecule has 0 heterocycles. The summed E-state index contributed by atoms with van der Waals surface area (Å²) >= 11 is 6.34. The Morgan fingerprint density at radius 2 is 1.66 bits per heavy atom. The lowest BCUT2D eigenvalue weighted by Crippen LogP contribution is -2.51. The fourth-order valence-corrected chi connectivity index (χ4v) is 4.79. The van der Waals surface area contributed by atoms with Crippen molar-refractivity contribution in [1.82, 2.24) is 10.2 Å². The van der Waals surface area contributed by atoms with E-state index in [1.54, 1.807) is 43.3 Å². The van der Waals surface area contributed by atoms with Gasteiger partial charge in [0.15, 0.2) is 0 Å². The van der Waals surface area contributed by atoms with Crippen LogP contribution in [0.1, 0.15) is 57.6 Å². The molecule has 0 aliphatic carbocycles. The largest absolute Gasteiger partial charge is 0.354 e. The molecule has 0 saturated heterocycles. The highest BCUT2D eigenvalue weighted by molar-refractivity contribution is 7.92. The Balaban J connectivity index is 2.43. The van der Waals surface area contributed by atoms with Crippen molar-refractivity contribution in [3.63, 3.8) is 0 Å². The molecular formula is C26H36ClN3O4S. The van der Waals surface area contributed by atoms with Crippen LogP contribution in [0.3, 0.4) is 0 Å². The molecule has 0 aliphatic rings. The second-order valence-electron chi connectivity index (χ2n) is 8.92. The van der Waals surface area contributed by atoms with Gasteiger partial charge in [0.1, 0.15) is 12.6 Å². The Morgan fingerprint density at radius 3 is 2.26 bits per heavy atom. The van der Waals surface area contributed by atoms with E-state index in [1.807, 2.05) is 32.9 Å². The SMILES string of the molecule is CCCCNC(=O)C(C)N(Cc1ccccc1Cl)C(=O)CN(c1ccccc1C(C)C)S(C)(=O)=O. The lowest BCUT2D eigenvalue weighted by molar-refractivity contribution is -0.139. The van der Waals surface area contributed by atoms with E-state index in [2.05, 4.69) is 5.32 Å². The summed E-state index contributed by atoms with van der Waals surface area (Å²) in [5, 5.41) is 3.33. The smallest absolute Gasteiger partial charge is 0.244 e. The highest BCUT2D eigenvalue weighted by Crippen LogP contribution is 2.29. The van der Waals surface area contributed by atoms with Crippen molar-refractivity contribution in [2.24, 2.45) is 0 Å². The van der Waals surface area contributed by atoms with E-state index < -0.39 is 28.5 Å². The molecule has 0 saturated carbocycles. The number of hydrogen-bond acceptors (Lipinski definition) is 4. The zero-order chi connectivity index (χ0) is 26.2. The van der Waals surface area contributed by atoms with Crippen molar-refractivity contribution in [3.05, 3.63) is 64.7 Å². The Labute approximate surface area is 214 Å². The van der Waals surface area contributed by atoms with Gasteiger partial charge in [0.05, 0.1) is 11.9 Å². The van der Waals surface area contributed by atoms with E-state index in [0.29, 0.717) is 22.8 Å². The molecule has 1 unspecified atom stereocenters. The van der Waals surface area contributed by atoms with Crippen molar-refractivity contribution in [1.29, 1.82) is 0 Å². The summed E-state index contributed by atoms with van der Waals surface area (Å²) < 4.78 is 26.7. The van der Waals surface area contributed by atoms with Crippen molar-refractivity contribution in [3.8, 4) is 0 Å². The predicted molar refractivity (Wildman–Crippen MR) is 142 cm³/mol. The zero-order valence-corrected chi connectivity index (χ0v) is 22.7. The Bertz CT molecular complexity index is 1120. The summed E-state index contributed by atoms with van der Waals surface area (Å²) in [7, 11) is -3.79. The predicted octanol–water partition coefficient (Wildman–Crippen LogP) is 4.56. The van der Waals surface area contributed by atoms with Crippen LogP contribution in [0.5, 0.6) is 0 Å². The van der Waals surface area contributed by atoms with Crippen LogP contribution in [0, 0.1) is 0 Å². The van der Waals surface area contributed by atoms with Gasteiger partial charge in [-0.05, 0) is 42.5 Å². The monoisotopic (exact) mass is 521 g/mol. The third-order valence-corrected chi connectivity index (χ3v) is 7.30. The molecule has 2 aromatic rings. The Hall–Kier alpha value is -2.58. The molecule has 7 nitrogen and oxygen atoms in total. The maximum atomic E-state index is 13.6. The van der Waals surface area contributed by atoms with Crippen LogP contribution < -0.4 is 9.62 Å². The van der Waals surface area contributed by atoms with Crippen molar-refractivity contribution in [2.45, 2.75) is 59.0 Å². The van der Waals surface area contributed by atoms with Crippen molar-refractivity contribution in [2.75, 3.05) is 23.7 Å². The van der Waals surface area contributed by atoms with Crippen LogP contribution in [0.2, 0.25) is 5.02 Å². The number of anilines is 1. The lowest BCUT2D eigenvalue weighted by Gasteiger charge is -2.32. The second-order valence-corrected chi connectivity index (χ2v) is 11.2. The fourth-order valence-electron chi connectivity index (χ4n) is 3.73. The Morgan fingerprint density at radius 1 is 1.03 bits per heavy atom. The lowest BCUT2D eigenvalue weighted by atomic mass is 10.0. The summed E-state index contributed by atoms with van der Waals surface area (Å²) in [6, 6.07) is 13.4. The minimum atomic E-state index is -3.79. The minimum absolute atomic E-state index is 0.0491. The standard InChI is InChI=1S/C26H36ClN3O4S/c1-6-7-16-28-26(32)20(4)29(17-21-12-8-10-14-23(21)27)25(31)18-30(35(5,33)34)24-15-11-9-13-22(24)19(2)3/h8-15,19-20H,6-7,16-18H2,1-5H3,(H,28,32). The first kappa shape index (κ1) is 28.7. The van der Waals surface area contributed by atoms with Gasteiger partial charge in [-0.25, -0.2) is 8.42 Å². The summed E-state index contributed by atoms with van der Waals surface area (Å²) in [5.41, 5.74) is 1.94. The third kappa shape index (κ3) is 7.97. The van der Waals surface area contributed by atoms with Crippen molar-refractivity contribution < 1.29 is 18.0 Å². The van der Waals surface area contributed by atoms with E-state index in [4.69, 9.17) is 11.6 Å². The van der Waals surface area contributed by atoms with Gasteiger partial charge in [0.25, 0.3) is 0 Å².